The average Bonchev–Trinajstić information content (AvgIpc) is 2.46. The molecule has 0 radical (unpaired) electrons. The Morgan fingerprint density at radius 3 is 2.68 bits per heavy atom. The molecule has 0 spiro atoms. The summed E-state index contributed by atoms with van der Waals surface area (Å²) in [6.07, 6.45) is 3.18. The van der Waals surface area contributed by atoms with Crippen molar-refractivity contribution >= 4 is 5.82 Å². The van der Waals surface area contributed by atoms with Crippen molar-refractivity contribution in [2.75, 3.05) is 44.2 Å². The van der Waals surface area contributed by atoms with Crippen LogP contribution in [0.2, 0.25) is 0 Å². The zero-order valence-electron chi connectivity index (χ0n) is 12.2. The first kappa shape index (κ1) is 14.3. The van der Waals surface area contributed by atoms with Crippen LogP contribution in [0, 0.1) is 0 Å². The molecular formula is C15H26N4. The number of hydrogen-bond donors (Lipinski definition) is 1. The lowest BCUT2D eigenvalue weighted by atomic mass is 10.2. The Morgan fingerprint density at radius 1 is 1.21 bits per heavy atom. The third-order valence-corrected chi connectivity index (χ3v) is 3.63. The molecule has 1 saturated heterocycles. The van der Waals surface area contributed by atoms with E-state index in [1.54, 1.807) is 0 Å². The van der Waals surface area contributed by atoms with Crippen molar-refractivity contribution in [2.24, 2.45) is 0 Å². The highest BCUT2D eigenvalue weighted by molar-refractivity contribution is 5.41. The molecule has 1 aromatic rings. The number of piperazine rings is 1. The van der Waals surface area contributed by atoms with Gasteiger partial charge in [-0.15, -0.1) is 0 Å². The lowest BCUT2D eigenvalue weighted by Gasteiger charge is -2.35. The molecular weight excluding hydrogens is 236 g/mol. The molecule has 2 heterocycles. The van der Waals surface area contributed by atoms with E-state index in [1.807, 2.05) is 6.20 Å². The fourth-order valence-corrected chi connectivity index (χ4v) is 2.53. The first-order valence-corrected chi connectivity index (χ1v) is 7.46. The number of hydrogen-bond acceptors (Lipinski definition) is 4. The molecule has 1 aliphatic rings. The molecule has 1 fully saturated rings. The van der Waals surface area contributed by atoms with Crippen molar-refractivity contribution in [3.8, 4) is 0 Å². The second-order valence-electron chi connectivity index (χ2n) is 5.13. The number of anilines is 1. The zero-order valence-corrected chi connectivity index (χ0v) is 12.2. The van der Waals surface area contributed by atoms with Gasteiger partial charge in [-0.2, -0.15) is 0 Å². The molecule has 0 unspecified atom stereocenters. The van der Waals surface area contributed by atoms with Gasteiger partial charge >= 0.3 is 0 Å². The maximum absolute atomic E-state index is 4.52. The highest BCUT2D eigenvalue weighted by Gasteiger charge is 2.17. The summed E-state index contributed by atoms with van der Waals surface area (Å²) in [5, 5.41) is 3.36. The standard InChI is InChI=1S/C15H26N4/c1-3-7-18-8-10-19(11-9-18)15-12-14(5-6-17-15)13-16-4-2/h5-6,12,16H,3-4,7-11,13H2,1-2H3. The molecule has 1 aromatic heterocycles. The molecule has 0 aromatic carbocycles. The van der Waals surface area contributed by atoms with Gasteiger partial charge in [0.15, 0.2) is 0 Å². The first-order valence-electron chi connectivity index (χ1n) is 7.46. The fourth-order valence-electron chi connectivity index (χ4n) is 2.53. The Labute approximate surface area is 116 Å². The van der Waals surface area contributed by atoms with E-state index in [9.17, 15) is 0 Å². The molecule has 4 nitrogen and oxygen atoms in total. The molecule has 4 heteroatoms. The van der Waals surface area contributed by atoms with Crippen molar-refractivity contribution in [2.45, 2.75) is 26.8 Å². The van der Waals surface area contributed by atoms with Gasteiger partial charge in [-0.05, 0) is 37.2 Å². The van der Waals surface area contributed by atoms with E-state index < -0.39 is 0 Å². The van der Waals surface area contributed by atoms with Crippen molar-refractivity contribution in [3.05, 3.63) is 23.9 Å². The van der Waals surface area contributed by atoms with Gasteiger partial charge in [0.05, 0.1) is 0 Å². The molecule has 2 rings (SSSR count). The monoisotopic (exact) mass is 262 g/mol. The van der Waals surface area contributed by atoms with E-state index in [0.717, 1.165) is 45.1 Å². The smallest absolute Gasteiger partial charge is 0.128 e. The van der Waals surface area contributed by atoms with Gasteiger partial charge in [-0.1, -0.05) is 13.8 Å². The third-order valence-electron chi connectivity index (χ3n) is 3.63. The maximum Gasteiger partial charge on any atom is 0.128 e. The highest BCUT2D eigenvalue weighted by Crippen LogP contribution is 2.15. The Bertz CT molecular complexity index is 372. The van der Waals surface area contributed by atoms with E-state index in [4.69, 9.17) is 0 Å². The summed E-state index contributed by atoms with van der Waals surface area (Å²) in [6, 6.07) is 4.32. The highest BCUT2D eigenvalue weighted by atomic mass is 15.3. The lowest BCUT2D eigenvalue weighted by molar-refractivity contribution is 0.258. The van der Waals surface area contributed by atoms with Crippen molar-refractivity contribution in [1.29, 1.82) is 0 Å². The summed E-state index contributed by atoms with van der Waals surface area (Å²) < 4.78 is 0. The Balaban J connectivity index is 1.91. The normalized spacial score (nSPS) is 16.8. The van der Waals surface area contributed by atoms with Crippen molar-refractivity contribution in [3.63, 3.8) is 0 Å². The number of aromatic nitrogens is 1. The van der Waals surface area contributed by atoms with Crippen molar-refractivity contribution in [1.82, 2.24) is 15.2 Å². The Hall–Kier alpha value is -1.13. The van der Waals surface area contributed by atoms with Crippen molar-refractivity contribution < 1.29 is 0 Å². The van der Waals surface area contributed by atoms with Crippen LogP contribution in [0.15, 0.2) is 18.3 Å². The van der Waals surface area contributed by atoms with Gasteiger partial charge in [0.2, 0.25) is 0 Å². The number of nitrogens with one attached hydrogen (secondary N) is 1. The van der Waals surface area contributed by atoms with Gasteiger partial charge in [-0.25, -0.2) is 4.98 Å². The molecule has 0 amide bonds. The van der Waals surface area contributed by atoms with Crippen LogP contribution >= 0.6 is 0 Å². The maximum atomic E-state index is 4.52. The van der Waals surface area contributed by atoms with Crippen LogP contribution in [0.1, 0.15) is 25.8 Å². The topological polar surface area (TPSA) is 31.4 Å². The van der Waals surface area contributed by atoms with Crippen LogP contribution in [-0.2, 0) is 6.54 Å². The lowest BCUT2D eigenvalue weighted by Crippen LogP contribution is -2.46. The molecule has 0 atom stereocenters. The molecule has 19 heavy (non-hydrogen) atoms. The summed E-state index contributed by atoms with van der Waals surface area (Å²) in [5.41, 5.74) is 1.32. The number of nitrogens with zero attached hydrogens (tertiary/aromatic N) is 3. The van der Waals surface area contributed by atoms with E-state index >= 15 is 0 Å². The van der Waals surface area contributed by atoms with Gasteiger partial charge in [-0.3, -0.25) is 4.90 Å². The number of rotatable bonds is 6. The Morgan fingerprint density at radius 2 is 2.00 bits per heavy atom. The summed E-state index contributed by atoms with van der Waals surface area (Å²) in [6.45, 7) is 12.1. The van der Waals surface area contributed by atoms with Crippen LogP contribution < -0.4 is 10.2 Å². The summed E-state index contributed by atoms with van der Waals surface area (Å²) in [4.78, 5) is 9.47. The molecule has 106 valence electrons. The fraction of sp³-hybridized carbons (Fsp3) is 0.667. The van der Waals surface area contributed by atoms with Crippen LogP contribution in [0.3, 0.4) is 0 Å². The molecule has 1 N–H and O–H groups in total. The zero-order chi connectivity index (χ0) is 13.5. The minimum Gasteiger partial charge on any atom is -0.354 e. The van der Waals surface area contributed by atoms with Crippen LogP contribution in [0.4, 0.5) is 5.82 Å². The minimum atomic E-state index is 0.932. The number of pyridine rings is 1. The Kier molecular flexibility index (Phi) is 5.61. The van der Waals surface area contributed by atoms with Gasteiger partial charge in [0, 0.05) is 38.9 Å². The van der Waals surface area contributed by atoms with E-state index in [2.05, 4.69) is 46.1 Å². The quantitative estimate of drug-likeness (QED) is 0.846. The second kappa shape index (κ2) is 7.46. The SMILES string of the molecule is CCCN1CCN(c2cc(CNCC)ccn2)CC1. The van der Waals surface area contributed by atoms with E-state index in [1.165, 1.54) is 18.5 Å². The van der Waals surface area contributed by atoms with Gasteiger partial charge < -0.3 is 10.2 Å². The molecule has 0 aliphatic carbocycles. The van der Waals surface area contributed by atoms with Crippen LogP contribution in [0.25, 0.3) is 0 Å². The summed E-state index contributed by atoms with van der Waals surface area (Å²) in [5.74, 6) is 1.13. The predicted octanol–water partition coefficient (Wildman–Crippen LogP) is 1.72. The third kappa shape index (κ3) is 4.18. The first-order chi connectivity index (χ1) is 9.33. The van der Waals surface area contributed by atoms with Gasteiger partial charge in [0.1, 0.15) is 5.82 Å². The summed E-state index contributed by atoms with van der Waals surface area (Å²) >= 11 is 0. The summed E-state index contributed by atoms with van der Waals surface area (Å²) in [7, 11) is 0. The largest absolute Gasteiger partial charge is 0.354 e. The average molecular weight is 262 g/mol. The van der Waals surface area contributed by atoms with Crippen LogP contribution in [0.5, 0.6) is 0 Å². The predicted molar refractivity (Wildman–Crippen MR) is 80.6 cm³/mol. The molecule has 0 bridgehead atoms. The van der Waals surface area contributed by atoms with E-state index in [-0.39, 0.29) is 0 Å². The minimum absolute atomic E-state index is 0.932. The van der Waals surface area contributed by atoms with Gasteiger partial charge in [0.25, 0.3) is 0 Å². The second-order valence-corrected chi connectivity index (χ2v) is 5.13. The van der Waals surface area contributed by atoms with Crippen LogP contribution in [-0.4, -0.2) is 49.2 Å². The molecule has 1 aliphatic heterocycles. The molecule has 0 saturated carbocycles. The van der Waals surface area contributed by atoms with E-state index in [0.29, 0.717) is 0 Å².